The van der Waals surface area contributed by atoms with E-state index in [4.69, 9.17) is 0 Å². The Labute approximate surface area is 152 Å². The average Bonchev–Trinajstić information content (AvgIpc) is 3.06. The summed E-state index contributed by atoms with van der Waals surface area (Å²) in [6.07, 6.45) is 0.801. The predicted molar refractivity (Wildman–Crippen MR) is 97.5 cm³/mol. The van der Waals surface area contributed by atoms with Gasteiger partial charge in [-0.3, -0.25) is 14.9 Å². The van der Waals surface area contributed by atoms with Crippen LogP contribution in [-0.4, -0.2) is 10.8 Å². The van der Waals surface area contributed by atoms with Crippen LogP contribution in [0.5, 0.6) is 0 Å². The first kappa shape index (κ1) is 18.9. The minimum Gasteiger partial charge on any atom is -0.352 e. The summed E-state index contributed by atoms with van der Waals surface area (Å²) in [4.78, 5) is 22.3. The minimum absolute atomic E-state index is 0. The van der Waals surface area contributed by atoms with Gasteiger partial charge in [-0.15, -0.1) is 12.4 Å². The van der Waals surface area contributed by atoms with Crippen LogP contribution in [0, 0.1) is 10.1 Å². The van der Waals surface area contributed by atoms with Gasteiger partial charge in [0.25, 0.3) is 5.69 Å². The number of nitro benzene ring substituents is 1. The van der Waals surface area contributed by atoms with E-state index in [-0.39, 0.29) is 24.0 Å². The zero-order valence-electron chi connectivity index (χ0n) is 13.7. The highest BCUT2D eigenvalue weighted by molar-refractivity contribution is 5.85. The molecule has 0 saturated heterocycles. The number of halogens is 1. The smallest absolute Gasteiger partial charge is 0.269 e. The Balaban J connectivity index is 0.00000225. The van der Waals surface area contributed by atoms with Crippen molar-refractivity contribution in [3.63, 3.8) is 0 Å². The number of non-ortho nitro benzene ring substituents is 1. The summed E-state index contributed by atoms with van der Waals surface area (Å²) in [7, 11) is 0. The number of hydrogen-bond donors (Lipinski definition) is 2. The molecular weight excluding hydrogens is 342 g/mol. The van der Waals surface area contributed by atoms with Crippen LogP contribution >= 0.6 is 12.4 Å². The first-order chi connectivity index (χ1) is 11.6. The molecule has 132 valence electrons. The van der Waals surface area contributed by atoms with Crippen LogP contribution in [0.3, 0.4) is 0 Å². The molecule has 2 aromatic carbocycles. The van der Waals surface area contributed by atoms with Crippen molar-refractivity contribution in [3.8, 4) is 0 Å². The van der Waals surface area contributed by atoms with Crippen LogP contribution < -0.4 is 10.6 Å². The quantitative estimate of drug-likeness (QED) is 0.612. The molecule has 7 heteroatoms. The monoisotopic (exact) mass is 361 g/mol. The van der Waals surface area contributed by atoms with E-state index in [1.165, 1.54) is 23.3 Å². The molecule has 1 aliphatic rings. The number of fused-ring (bicyclic) bond motifs is 1. The fourth-order valence-corrected chi connectivity index (χ4v) is 2.83. The second-order valence-electron chi connectivity index (χ2n) is 5.91. The van der Waals surface area contributed by atoms with E-state index < -0.39 is 4.92 Å². The van der Waals surface area contributed by atoms with E-state index in [1.54, 1.807) is 12.1 Å². The molecule has 2 aromatic rings. The number of benzene rings is 2. The van der Waals surface area contributed by atoms with Crippen LogP contribution in [0.4, 0.5) is 5.69 Å². The van der Waals surface area contributed by atoms with Crippen molar-refractivity contribution in [2.24, 2.45) is 0 Å². The lowest BCUT2D eigenvalue weighted by Gasteiger charge is -2.07. The van der Waals surface area contributed by atoms with Crippen LogP contribution in [0.25, 0.3) is 0 Å². The molecule has 0 saturated carbocycles. The number of nitrogens with zero attached hydrogens (tertiary/aromatic N) is 1. The van der Waals surface area contributed by atoms with Gasteiger partial charge in [-0.2, -0.15) is 0 Å². The average molecular weight is 362 g/mol. The van der Waals surface area contributed by atoms with E-state index in [0.717, 1.165) is 24.2 Å². The summed E-state index contributed by atoms with van der Waals surface area (Å²) < 4.78 is 0. The number of amides is 1. The van der Waals surface area contributed by atoms with Gasteiger partial charge in [0.05, 0.1) is 4.92 Å². The number of nitro groups is 1. The zero-order chi connectivity index (χ0) is 16.9. The Hall–Kier alpha value is -2.44. The van der Waals surface area contributed by atoms with E-state index >= 15 is 0 Å². The largest absolute Gasteiger partial charge is 0.352 e. The van der Waals surface area contributed by atoms with Crippen molar-refractivity contribution in [3.05, 3.63) is 74.8 Å². The molecule has 0 aromatic heterocycles. The molecule has 25 heavy (non-hydrogen) atoms. The van der Waals surface area contributed by atoms with Gasteiger partial charge in [0.1, 0.15) is 0 Å². The number of carbonyl (C=O) groups excluding carboxylic acids is 1. The number of carbonyl (C=O) groups is 1. The van der Waals surface area contributed by atoms with Crippen molar-refractivity contribution in [2.45, 2.75) is 32.5 Å². The Kier molecular flexibility index (Phi) is 6.50. The number of aryl methyl sites for hydroxylation is 1. The lowest BCUT2D eigenvalue weighted by molar-refractivity contribution is -0.384. The van der Waals surface area contributed by atoms with Crippen LogP contribution in [0.1, 0.15) is 28.7 Å². The Morgan fingerprint density at radius 1 is 1.12 bits per heavy atom. The molecule has 0 spiro atoms. The lowest BCUT2D eigenvalue weighted by atomic mass is 10.1. The Morgan fingerprint density at radius 2 is 1.92 bits per heavy atom. The van der Waals surface area contributed by atoms with Crippen molar-refractivity contribution in [1.82, 2.24) is 10.6 Å². The highest BCUT2D eigenvalue weighted by Crippen LogP contribution is 2.17. The summed E-state index contributed by atoms with van der Waals surface area (Å²) in [5.41, 5.74) is 4.54. The molecule has 0 bridgehead atoms. The summed E-state index contributed by atoms with van der Waals surface area (Å²) in [5, 5.41) is 17.0. The van der Waals surface area contributed by atoms with Gasteiger partial charge in [-0.25, -0.2) is 0 Å². The summed E-state index contributed by atoms with van der Waals surface area (Å²) in [6.45, 7) is 2.29. The maximum absolute atomic E-state index is 12.0. The molecule has 6 nitrogen and oxygen atoms in total. The summed E-state index contributed by atoms with van der Waals surface area (Å²) in [5.74, 6) is -0.0554. The number of rotatable bonds is 6. The minimum atomic E-state index is -0.424. The van der Waals surface area contributed by atoms with E-state index in [1.807, 2.05) is 6.07 Å². The van der Waals surface area contributed by atoms with E-state index in [2.05, 4.69) is 22.8 Å². The lowest BCUT2D eigenvalue weighted by Crippen LogP contribution is -2.23. The van der Waals surface area contributed by atoms with E-state index in [0.29, 0.717) is 19.4 Å². The maximum atomic E-state index is 12.0. The molecule has 0 atom stereocenters. The van der Waals surface area contributed by atoms with Crippen molar-refractivity contribution >= 4 is 24.0 Å². The third-order valence-electron chi connectivity index (χ3n) is 4.15. The molecule has 1 aliphatic heterocycles. The molecule has 0 unspecified atom stereocenters. The van der Waals surface area contributed by atoms with Crippen molar-refractivity contribution in [1.29, 1.82) is 0 Å². The molecule has 0 fully saturated rings. The van der Waals surface area contributed by atoms with Crippen LogP contribution in [0.2, 0.25) is 0 Å². The molecule has 1 heterocycles. The number of nitrogens with one attached hydrogen (secondary N) is 2. The first-order valence-corrected chi connectivity index (χ1v) is 7.93. The van der Waals surface area contributed by atoms with Gasteiger partial charge < -0.3 is 10.6 Å². The molecule has 0 radical (unpaired) electrons. The Morgan fingerprint density at radius 3 is 2.72 bits per heavy atom. The third-order valence-corrected chi connectivity index (χ3v) is 4.15. The van der Waals surface area contributed by atoms with Crippen molar-refractivity contribution in [2.75, 3.05) is 0 Å². The summed E-state index contributed by atoms with van der Waals surface area (Å²) >= 11 is 0. The predicted octanol–water partition coefficient (Wildman–Crippen LogP) is 2.87. The topological polar surface area (TPSA) is 84.3 Å². The normalized spacial score (nSPS) is 12.2. The van der Waals surface area contributed by atoms with Gasteiger partial charge >= 0.3 is 0 Å². The fourth-order valence-electron chi connectivity index (χ4n) is 2.83. The molecule has 0 aliphatic carbocycles. The van der Waals surface area contributed by atoms with Gasteiger partial charge in [0, 0.05) is 38.2 Å². The van der Waals surface area contributed by atoms with E-state index in [9.17, 15) is 14.9 Å². The SMILES string of the molecule is Cl.O=C(CCc1cccc([N+](=O)[O-])c1)NCc1ccc2c(c1)CNC2. The van der Waals surface area contributed by atoms with Gasteiger partial charge in [0.15, 0.2) is 0 Å². The van der Waals surface area contributed by atoms with Crippen LogP contribution in [-0.2, 0) is 30.8 Å². The zero-order valence-corrected chi connectivity index (χ0v) is 14.5. The highest BCUT2D eigenvalue weighted by atomic mass is 35.5. The maximum Gasteiger partial charge on any atom is 0.269 e. The highest BCUT2D eigenvalue weighted by Gasteiger charge is 2.11. The summed E-state index contributed by atoms with van der Waals surface area (Å²) in [6, 6.07) is 12.7. The van der Waals surface area contributed by atoms with Gasteiger partial charge in [-0.1, -0.05) is 30.3 Å². The Bertz CT molecular complexity index is 780. The third kappa shape index (κ3) is 5.01. The molecule has 2 N–H and O–H groups in total. The first-order valence-electron chi connectivity index (χ1n) is 7.93. The van der Waals surface area contributed by atoms with Gasteiger partial charge in [-0.05, 0) is 28.7 Å². The second-order valence-corrected chi connectivity index (χ2v) is 5.91. The van der Waals surface area contributed by atoms with Gasteiger partial charge in [0.2, 0.25) is 5.91 Å². The van der Waals surface area contributed by atoms with Crippen LogP contribution in [0.15, 0.2) is 42.5 Å². The number of hydrogen-bond acceptors (Lipinski definition) is 4. The molecule has 1 amide bonds. The second kappa shape index (κ2) is 8.60. The fraction of sp³-hybridized carbons (Fsp3) is 0.278. The standard InChI is InChI=1S/C18H19N3O3.ClH/c22-18(7-5-13-2-1-3-17(9-13)21(23)24)20-10-14-4-6-15-11-19-12-16(15)8-14;/h1-4,6,8-9,19H,5,7,10-12H2,(H,20,22);1H. The van der Waals surface area contributed by atoms with Crippen molar-refractivity contribution < 1.29 is 9.72 Å². The molecule has 3 rings (SSSR count). The molecular formula is C18H20ClN3O3.